The number of carbonyl (C=O) groups is 2. The van der Waals surface area contributed by atoms with Crippen molar-refractivity contribution in [2.24, 2.45) is 0 Å². The monoisotopic (exact) mass is 372 g/mol. The predicted octanol–water partition coefficient (Wildman–Crippen LogP) is 1.75. The van der Waals surface area contributed by atoms with E-state index in [-0.39, 0.29) is 11.8 Å². The lowest BCUT2D eigenvalue weighted by molar-refractivity contribution is -0.127. The summed E-state index contributed by atoms with van der Waals surface area (Å²) in [4.78, 5) is 26.8. The van der Waals surface area contributed by atoms with Crippen molar-refractivity contribution >= 4 is 11.8 Å². The third kappa shape index (κ3) is 3.34. The van der Waals surface area contributed by atoms with Crippen LogP contribution in [-0.2, 0) is 4.79 Å². The second-order valence-corrected chi connectivity index (χ2v) is 6.35. The third-order valence-corrected chi connectivity index (χ3v) is 4.86. The van der Waals surface area contributed by atoms with E-state index in [1.165, 1.54) is 0 Å². The van der Waals surface area contributed by atoms with Gasteiger partial charge in [0, 0.05) is 24.2 Å². The van der Waals surface area contributed by atoms with Gasteiger partial charge in [-0.2, -0.15) is 5.10 Å². The number of amides is 2. The molecule has 1 fully saturated rings. The maximum absolute atomic E-state index is 13.1. The zero-order chi connectivity index (χ0) is 19.6. The molecule has 8 nitrogen and oxygen atoms in total. The van der Waals surface area contributed by atoms with Gasteiger partial charge in [0.1, 0.15) is 23.2 Å². The van der Waals surface area contributed by atoms with Crippen LogP contribution in [0.4, 0.5) is 0 Å². The normalized spacial score (nSPS) is 16.8. The van der Waals surface area contributed by atoms with Crippen LogP contribution < -0.4 is 14.8 Å². The quantitative estimate of drug-likeness (QED) is 0.834. The first-order valence-corrected chi connectivity index (χ1v) is 8.87. The Morgan fingerprint density at radius 2 is 2.11 bits per heavy atom. The zero-order valence-corrected chi connectivity index (χ0v) is 16.0. The molecule has 0 spiro atoms. The van der Waals surface area contributed by atoms with E-state index < -0.39 is 6.04 Å². The molecule has 0 bridgehead atoms. The van der Waals surface area contributed by atoms with Crippen LogP contribution in [0.3, 0.4) is 0 Å². The summed E-state index contributed by atoms with van der Waals surface area (Å²) in [6.45, 7) is 4.64. The van der Waals surface area contributed by atoms with Gasteiger partial charge in [-0.25, -0.2) is 0 Å². The van der Waals surface area contributed by atoms with E-state index in [0.717, 1.165) is 5.56 Å². The molecule has 1 aromatic heterocycles. The highest BCUT2D eigenvalue weighted by Crippen LogP contribution is 2.35. The Morgan fingerprint density at radius 3 is 2.78 bits per heavy atom. The fraction of sp³-hybridized carbons (Fsp3) is 0.421. The van der Waals surface area contributed by atoms with E-state index in [4.69, 9.17) is 9.47 Å². The fourth-order valence-corrected chi connectivity index (χ4v) is 3.37. The van der Waals surface area contributed by atoms with Gasteiger partial charge in [-0.15, -0.1) is 0 Å². The Bertz CT molecular complexity index is 861. The molecular weight excluding hydrogens is 348 g/mol. The number of aromatic nitrogens is 2. The number of H-pyrrole nitrogens is 1. The predicted molar refractivity (Wildman–Crippen MR) is 100.0 cm³/mol. The van der Waals surface area contributed by atoms with Crippen molar-refractivity contribution in [2.75, 3.05) is 27.3 Å². The highest BCUT2D eigenvalue weighted by atomic mass is 16.5. The number of ether oxygens (including phenoxy) is 2. The molecule has 1 saturated heterocycles. The summed E-state index contributed by atoms with van der Waals surface area (Å²) >= 11 is 0. The molecule has 0 saturated carbocycles. The van der Waals surface area contributed by atoms with E-state index in [9.17, 15) is 9.59 Å². The molecule has 1 aromatic carbocycles. The first kappa shape index (κ1) is 18.8. The summed E-state index contributed by atoms with van der Waals surface area (Å²) in [6.07, 6.45) is 0.557. The van der Waals surface area contributed by atoms with Crippen molar-refractivity contribution in [2.45, 2.75) is 26.3 Å². The van der Waals surface area contributed by atoms with Gasteiger partial charge < -0.3 is 19.7 Å². The summed E-state index contributed by atoms with van der Waals surface area (Å²) in [5.41, 5.74) is 2.42. The highest BCUT2D eigenvalue weighted by molar-refractivity contribution is 5.99. The van der Waals surface area contributed by atoms with Gasteiger partial charge in [0.15, 0.2) is 0 Å². The number of nitrogens with zero attached hydrogens (tertiary/aromatic N) is 2. The minimum absolute atomic E-state index is 0.121. The molecule has 1 aliphatic rings. The van der Waals surface area contributed by atoms with E-state index >= 15 is 0 Å². The number of benzene rings is 1. The van der Waals surface area contributed by atoms with Crippen LogP contribution in [0.25, 0.3) is 11.3 Å². The van der Waals surface area contributed by atoms with Gasteiger partial charge in [0.05, 0.1) is 19.9 Å². The molecule has 2 aromatic rings. The van der Waals surface area contributed by atoms with Crippen LogP contribution in [0.1, 0.15) is 29.4 Å². The SMILES string of the molecule is CC[C@@H]1C(=O)NCCN1C(=O)c1[nH]nc(-c2cc(OC)ccc2OC)c1C. The van der Waals surface area contributed by atoms with E-state index in [0.29, 0.717) is 48.0 Å². The first-order valence-electron chi connectivity index (χ1n) is 8.87. The largest absolute Gasteiger partial charge is 0.497 e. The van der Waals surface area contributed by atoms with Crippen LogP contribution in [0.15, 0.2) is 18.2 Å². The number of piperazine rings is 1. The van der Waals surface area contributed by atoms with Gasteiger partial charge >= 0.3 is 0 Å². The Hall–Kier alpha value is -3.03. The Kier molecular flexibility index (Phi) is 5.34. The minimum Gasteiger partial charge on any atom is -0.497 e. The summed E-state index contributed by atoms with van der Waals surface area (Å²) < 4.78 is 10.7. The molecular formula is C19H24N4O4. The molecule has 144 valence electrons. The average molecular weight is 372 g/mol. The lowest BCUT2D eigenvalue weighted by Crippen LogP contribution is -2.57. The molecule has 0 radical (unpaired) electrons. The smallest absolute Gasteiger partial charge is 0.272 e. The Morgan fingerprint density at radius 1 is 1.33 bits per heavy atom. The number of methoxy groups -OCH3 is 2. The summed E-state index contributed by atoms with van der Waals surface area (Å²) in [6, 6.07) is 4.95. The van der Waals surface area contributed by atoms with Crippen molar-refractivity contribution in [3.8, 4) is 22.8 Å². The summed E-state index contributed by atoms with van der Waals surface area (Å²) in [5.74, 6) is 0.951. The zero-order valence-electron chi connectivity index (χ0n) is 16.0. The molecule has 27 heavy (non-hydrogen) atoms. The van der Waals surface area contributed by atoms with Gasteiger partial charge in [-0.3, -0.25) is 14.7 Å². The maximum atomic E-state index is 13.1. The molecule has 0 unspecified atom stereocenters. The molecule has 2 heterocycles. The Balaban J connectivity index is 1.98. The van der Waals surface area contributed by atoms with Crippen LogP contribution >= 0.6 is 0 Å². The van der Waals surface area contributed by atoms with Crippen molar-refractivity contribution in [3.05, 3.63) is 29.5 Å². The number of hydrogen-bond acceptors (Lipinski definition) is 5. The highest BCUT2D eigenvalue weighted by Gasteiger charge is 2.34. The van der Waals surface area contributed by atoms with Gasteiger partial charge in [0.25, 0.3) is 5.91 Å². The lowest BCUT2D eigenvalue weighted by Gasteiger charge is -2.34. The summed E-state index contributed by atoms with van der Waals surface area (Å²) in [5, 5.41) is 10.00. The van der Waals surface area contributed by atoms with Crippen molar-refractivity contribution < 1.29 is 19.1 Å². The minimum atomic E-state index is -0.469. The van der Waals surface area contributed by atoms with Crippen molar-refractivity contribution in [3.63, 3.8) is 0 Å². The third-order valence-electron chi connectivity index (χ3n) is 4.86. The average Bonchev–Trinajstić information content (AvgIpc) is 3.07. The van der Waals surface area contributed by atoms with Gasteiger partial charge in [0.2, 0.25) is 5.91 Å². The topological polar surface area (TPSA) is 96.6 Å². The number of rotatable bonds is 5. The molecule has 1 aliphatic heterocycles. The van der Waals surface area contributed by atoms with E-state index in [2.05, 4.69) is 15.5 Å². The number of aromatic amines is 1. The van der Waals surface area contributed by atoms with Crippen LogP contribution in [0.2, 0.25) is 0 Å². The van der Waals surface area contributed by atoms with E-state index in [1.54, 1.807) is 31.3 Å². The fourth-order valence-electron chi connectivity index (χ4n) is 3.37. The van der Waals surface area contributed by atoms with Crippen LogP contribution in [0, 0.1) is 6.92 Å². The maximum Gasteiger partial charge on any atom is 0.272 e. The van der Waals surface area contributed by atoms with Crippen molar-refractivity contribution in [1.82, 2.24) is 20.4 Å². The summed E-state index contributed by atoms with van der Waals surface area (Å²) in [7, 11) is 3.17. The van der Waals surface area contributed by atoms with Gasteiger partial charge in [-0.05, 0) is 31.5 Å². The number of nitrogens with one attached hydrogen (secondary N) is 2. The van der Waals surface area contributed by atoms with Crippen molar-refractivity contribution in [1.29, 1.82) is 0 Å². The molecule has 8 heteroatoms. The number of hydrogen-bond donors (Lipinski definition) is 2. The molecule has 3 rings (SSSR count). The van der Waals surface area contributed by atoms with Gasteiger partial charge in [-0.1, -0.05) is 6.92 Å². The standard InChI is InChI=1S/C19H24N4O4/c1-5-14-18(24)20-8-9-23(14)19(25)17-11(2)16(21-22-17)13-10-12(26-3)6-7-15(13)27-4/h6-7,10,14H,5,8-9H2,1-4H3,(H,20,24)(H,21,22)/t14-/m1/s1. The Labute approximate surface area is 157 Å². The second-order valence-electron chi connectivity index (χ2n) is 6.35. The molecule has 2 amide bonds. The molecule has 0 aliphatic carbocycles. The molecule has 1 atom stereocenters. The molecule has 2 N–H and O–H groups in total. The van der Waals surface area contributed by atoms with E-state index in [1.807, 2.05) is 19.9 Å². The van der Waals surface area contributed by atoms with Crippen LogP contribution in [-0.4, -0.2) is 60.3 Å². The van der Waals surface area contributed by atoms with Crippen LogP contribution in [0.5, 0.6) is 11.5 Å². The number of carbonyl (C=O) groups excluding carboxylic acids is 2. The second kappa shape index (κ2) is 7.69. The lowest BCUT2D eigenvalue weighted by atomic mass is 10.0. The first-order chi connectivity index (χ1) is 13.0.